The summed E-state index contributed by atoms with van der Waals surface area (Å²) in [5.41, 5.74) is 0.218. The van der Waals surface area contributed by atoms with Crippen LogP contribution in [0, 0.1) is 0 Å². The summed E-state index contributed by atoms with van der Waals surface area (Å²) in [6, 6.07) is 2.64. The van der Waals surface area contributed by atoms with Crippen LogP contribution in [0.3, 0.4) is 0 Å². The third-order valence-corrected chi connectivity index (χ3v) is 4.81. The lowest BCUT2D eigenvalue weighted by Gasteiger charge is -2.43. The van der Waals surface area contributed by atoms with Crippen LogP contribution in [0.15, 0.2) is 18.5 Å². The number of aromatic nitrogens is 2. The summed E-state index contributed by atoms with van der Waals surface area (Å²) in [4.78, 5) is 0. The lowest BCUT2D eigenvalue weighted by atomic mass is 9.78. The second-order valence-corrected chi connectivity index (χ2v) is 6.36. The Kier molecular flexibility index (Phi) is 4.73. The molecule has 1 aliphatic heterocycles. The largest absolute Gasteiger partial charge is 0.375 e. The van der Waals surface area contributed by atoms with Gasteiger partial charge in [0, 0.05) is 31.6 Å². The van der Waals surface area contributed by atoms with E-state index in [9.17, 15) is 0 Å². The molecule has 2 aliphatic rings. The number of ether oxygens (including phenoxy) is 1. The maximum atomic E-state index is 6.15. The van der Waals surface area contributed by atoms with Crippen molar-refractivity contribution in [3.05, 3.63) is 18.5 Å². The summed E-state index contributed by atoms with van der Waals surface area (Å²) < 4.78 is 8.16. The molecule has 2 heterocycles. The van der Waals surface area contributed by atoms with Gasteiger partial charge in [0.2, 0.25) is 0 Å². The highest BCUT2D eigenvalue weighted by Gasteiger charge is 2.38. The van der Waals surface area contributed by atoms with Crippen molar-refractivity contribution in [3.63, 3.8) is 0 Å². The number of nitrogens with zero attached hydrogens (tertiary/aromatic N) is 2. The zero-order chi connectivity index (χ0) is 13.7. The second kappa shape index (κ2) is 6.72. The van der Waals surface area contributed by atoms with Crippen molar-refractivity contribution in [1.29, 1.82) is 0 Å². The number of hydrogen-bond donors (Lipinski definition) is 1. The van der Waals surface area contributed by atoms with Crippen LogP contribution in [0.5, 0.6) is 0 Å². The molecule has 0 aromatic carbocycles. The van der Waals surface area contributed by atoms with Gasteiger partial charge in [0.1, 0.15) is 0 Å². The van der Waals surface area contributed by atoms with Crippen LogP contribution in [0.2, 0.25) is 0 Å². The number of aryl methyl sites for hydroxylation is 1. The van der Waals surface area contributed by atoms with E-state index in [4.69, 9.17) is 4.74 Å². The molecule has 1 unspecified atom stereocenters. The van der Waals surface area contributed by atoms with Gasteiger partial charge in [-0.25, -0.2) is 0 Å². The van der Waals surface area contributed by atoms with Crippen LogP contribution in [0.25, 0.3) is 0 Å². The maximum Gasteiger partial charge on any atom is 0.0697 e. The fourth-order valence-electron chi connectivity index (χ4n) is 3.73. The molecule has 1 atom stereocenters. The van der Waals surface area contributed by atoms with Crippen molar-refractivity contribution in [2.24, 2.45) is 0 Å². The summed E-state index contributed by atoms with van der Waals surface area (Å²) in [6.07, 6.45) is 14.1. The minimum absolute atomic E-state index is 0.218. The smallest absolute Gasteiger partial charge is 0.0697 e. The molecule has 3 rings (SSSR count). The molecule has 112 valence electrons. The molecule has 1 aromatic rings. The van der Waals surface area contributed by atoms with E-state index in [-0.39, 0.29) is 5.60 Å². The van der Waals surface area contributed by atoms with Gasteiger partial charge >= 0.3 is 0 Å². The molecule has 1 saturated heterocycles. The van der Waals surface area contributed by atoms with Gasteiger partial charge in [-0.2, -0.15) is 5.10 Å². The van der Waals surface area contributed by atoms with Crippen molar-refractivity contribution < 1.29 is 4.74 Å². The first-order valence-corrected chi connectivity index (χ1v) is 8.21. The molecule has 0 bridgehead atoms. The van der Waals surface area contributed by atoms with Gasteiger partial charge in [-0.3, -0.25) is 4.68 Å². The standard InChI is InChI=1S/C16H27N3O/c1-2-7-16(8-3-1)14-15(6-13-20-16)17-9-4-11-19-12-5-10-18-19/h5,10,12,15,17H,1-4,6-9,11,13-14H2. The minimum Gasteiger partial charge on any atom is -0.375 e. The summed E-state index contributed by atoms with van der Waals surface area (Å²) >= 11 is 0. The van der Waals surface area contributed by atoms with Crippen LogP contribution in [0.4, 0.5) is 0 Å². The topological polar surface area (TPSA) is 39.1 Å². The van der Waals surface area contributed by atoms with Crippen LogP contribution < -0.4 is 5.32 Å². The Morgan fingerprint density at radius 2 is 2.20 bits per heavy atom. The van der Waals surface area contributed by atoms with E-state index in [2.05, 4.69) is 10.4 Å². The third-order valence-electron chi connectivity index (χ3n) is 4.81. The number of nitrogens with one attached hydrogen (secondary N) is 1. The first kappa shape index (κ1) is 14.1. The quantitative estimate of drug-likeness (QED) is 0.841. The van der Waals surface area contributed by atoms with Gasteiger partial charge in [0.15, 0.2) is 0 Å². The normalized spacial score (nSPS) is 25.9. The lowest BCUT2D eigenvalue weighted by Crippen LogP contribution is -2.48. The van der Waals surface area contributed by atoms with Crippen molar-refractivity contribution in [1.82, 2.24) is 15.1 Å². The van der Waals surface area contributed by atoms with E-state index in [1.165, 1.54) is 44.9 Å². The van der Waals surface area contributed by atoms with Crippen molar-refractivity contribution in [2.45, 2.75) is 69.6 Å². The van der Waals surface area contributed by atoms with Crippen molar-refractivity contribution >= 4 is 0 Å². The Morgan fingerprint density at radius 3 is 3.00 bits per heavy atom. The molecule has 1 spiro atoms. The molecular weight excluding hydrogens is 250 g/mol. The molecule has 20 heavy (non-hydrogen) atoms. The van der Waals surface area contributed by atoms with Crippen molar-refractivity contribution in [3.8, 4) is 0 Å². The van der Waals surface area contributed by atoms with E-state index in [0.717, 1.165) is 26.1 Å². The van der Waals surface area contributed by atoms with Gasteiger partial charge < -0.3 is 10.1 Å². The average molecular weight is 277 g/mol. The Hall–Kier alpha value is -0.870. The minimum atomic E-state index is 0.218. The summed E-state index contributed by atoms with van der Waals surface area (Å²) in [5.74, 6) is 0. The van der Waals surface area contributed by atoms with Gasteiger partial charge in [-0.05, 0) is 44.7 Å². The van der Waals surface area contributed by atoms with Crippen LogP contribution in [-0.2, 0) is 11.3 Å². The first-order valence-electron chi connectivity index (χ1n) is 8.21. The molecule has 4 nitrogen and oxygen atoms in total. The van der Waals surface area contributed by atoms with E-state index < -0.39 is 0 Å². The number of hydrogen-bond acceptors (Lipinski definition) is 3. The van der Waals surface area contributed by atoms with Crippen molar-refractivity contribution in [2.75, 3.05) is 13.2 Å². The Balaban J connectivity index is 1.39. The highest BCUT2D eigenvalue weighted by Crippen LogP contribution is 2.38. The van der Waals surface area contributed by atoms with Crippen LogP contribution in [0.1, 0.15) is 51.4 Å². The van der Waals surface area contributed by atoms with E-state index in [1.807, 2.05) is 23.1 Å². The van der Waals surface area contributed by atoms with Gasteiger partial charge in [-0.15, -0.1) is 0 Å². The SMILES string of the molecule is c1cnn(CCCNC2CCOC3(CCCCC3)C2)c1. The fourth-order valence-corrected chi connectivity index (χ4v) is 3.73. The highest BCUT2D eigenvalue weighted by molar-refractivity contribution is 4.92. The van der Waals surface area contributed by atoms with Crippen LogP contribution >= 0.6 is 0 Å². The molecule has 0 amide bonds. The Labute approximate surface area is 121 Å². The van der Waals surface area contributed by atoms with E-state index >= 15 is 0 Å². The summed E-state index contributed by atoms with van der Waals surface area (Å²) in [6.45, 7) is 3.03. The average Bonchev–Trinajstić information content (AvgIpc) is 2.98. The molecule has 0 radical (unpaired) electrons. The zero-order valence-electron chi connectivity index (χ0n) is 12.4. The van der Waals surface area contributed by atoms with Crippen LogP contribution in [-0.4, -0.2) is 34.6 Å². The molecule has 2 fully saturated rings. The monoisotopic (exact) mass is 277 g/mol. The second-order valence-electron chi connectivity index (χ2n) is 6.36. The Morgan fingerprint density at radius 1 is 1.30 bits per heavy atom. The molecular formula is C16H27N3O. The third kappa shape index (κ3) is 3.61. The highest BCUT2D eigenvalue weighted by atomic mass is 16.5. The molecule has 1 N–H and O–H groups in total. The first-order chi connectivity index (χ1) is 9.86. The predicted molar refractivity (Wildman–Crippen MR) is 79.6 cm³/mol. The van der Waals surface area contributed by atoms with Gasteiger partial charge in [-0.1, -0.05) is 19.3 Å². The zero-order valence-corrected chi connectivity index (χ0v) is 12.4. The van der Waals surface area contributed by atoms with Gasteiger partial charge in [0.25, 0.3) is 0 Å². The predicted octanol–water partition coefficient (Wildman–Crippen LogP) is 2.74. The maximum absolute atomic E-state index is 6.15. The lowest BCUT2D eigenvalue weighted by molar-refractivity contribution is -0.109. The molecule has 1 aliphatic carbocycles. The molecule has 1 aromatic heterocycles. The molecule has 1 saturated carbocycles. The fraction of sp³-hybridized carbons (Fsp3) is 0.812. The summed E-state index contributed by atoms with van der Waals surface area (Å²) in [5, 5.41) is 7.97. The van der Waals surface area contributed by atoms with Gasteiger partial charge in [0.05, 0.1) is 5.60 Å². The summed E-state index contributed by atoms with van der Waals surface area (Å²) in [7, 11) is 0. The van der Waals surface area contributed by atoms with E-state index in [0.29, 0.717) is 6.04 Å². The van der Waals surface area contributed by atoms with E-state index in [1.54, 1.807) is 0 Å². The Bertz CT molecular complexity index is 379. The number of rotatable bonds is 5. The molecule has 4 heteroatoms.